The van der Waals surface area contributed by atoms with E-state index in [1.807, 2.05) is 0 Å². The van der Waals surface area contributed by atoms with E-state index < -0.39 is 27.7 Å². The molecule has 4 aromatic rings. The average Bonchev–Trinajstić information content (AvgIpc) is 3.22. The van der Waals surface area contributed by atoms with Crippen molar-refractivity contribution in [2.75, 3.05) is 5.32 Å². The quantitative estimate of drug-likeness (QED) is 0.330. The van der Waals surface area contributed by atoms with Gasteiger partial charge in [-0.25, -0.2) is 0 Å². The van der Waals surface area contributed by atoms with E-state index in [1.165, 1.54) is 22.8 Å². The molecule has 10 nitrogen and oxygen atoms in total. The number of nitrogens with one attached hydrogen (secondary N) is 1. The Kier molecular flexibility index (Phi) is 5.59. The maximum atomic E-state index is 12.9. The van der Waals surface area contributed by atoms with Gasteiger partial charge in [0.25, 0.3) is 17.2 Å². The van der Waals surface area contributed by atoms with E-state index in [0.29, 0.717) is 28.0 Å². The summed E-state index contributed by atoms with van der Waals surface area (Å²) in [6.45, 7) is 2.07. The number of benzene rings is 2. The van der Waals surface area contributed by atoms with Gasteiger partial charge in [-0.2, -0.15) is 0 Å². The number of anilines is 1. The maximum Gasteiger partial charge on any atom is 0.270 e. The van der Waals surface area contributed by atoms with Gasteiger partial charge in [0.2, 0.25) is 5.13 Å². The highest BCUT2D eigenvalue weighted by atomic mass is 35.5. The fourth-order valence-corrected chi connectivity index (χ4v) is 4.34. The molecule has 2 aromatic heterocycles. The van der Waals surface area contributed by atoms with Crippen molar-refractivity contribution in [3.63, 3.8) is 0 Å². The second kappa shape index (κ2) is 8.36. The van der Waals surface area contributed by atoms with Crippen molar-refractivity contribution < 1.29 is 14.8 Å². The molecule has 0 spiro atoms. The van der Waals surface area contributed by atoms with Gasteiger partial charge in [0.1, 0.15) is 11.3 Å². The van der Waals surface area contributed by atoms with Crippen LogP contribution in [-0.2, 0) is 6.54 Å². The Hall–Kier alpha value is -3.83. The summed E-state index contributed by atoms with van der Waals surface area (Å²) >= 11 is 7.08. The SMILES string of the molecule is CCn1c(=O)c(C(=O)Nc2nnc(-c3ccc([N+](=O)[O-])cc3Cl)s2)c(O)c2ccccc21. The predicted molar refractivity (Wildman–Crippen MR) is 121 cm³/mol. The molecule has 0 aliphatic rings. The molecule has 0 unspecified atom stereocenters. The van der Waals surface area contributed by atoms with Crippen LogP contribution in [0.4, 0.5) is 10.8 Å². The summed E-state index contributed by atoms with van der Waals surface area (Å²) < 4.78 is 1.39. The summed E-state index contributed by atoms with van der Waals surface area (Å²) in [6, 6.07) is 10.6. The zero-order valence-corrected chi connectivity index (χ0v) is 18.0. The molecule has 0 radical (unpaired) electrons. The van der Waals surface area contributed by atoms with Crippen LogP contribution < -0.4 is 10.9 Å². The summed E-state index contributed by atoms with van der Waals surface area (Å²) in [7, 11) is 0. The van der Waals surface area contributed by atoms with Gasteiger partial charge >= 0.3 is 0 Å². The van der Waals surface area contributed by atoms with E-state index in [1.54, 1.807) is 31.2 Å². The Morgan fingerprint density at radius 2 is 2.03 bits per heavy atom. The molecule has 0 saturated heterocycles. The lowest BCUT2D eigenvalue weighted by atomic mass is 10.1. The zero-order valence-electron chi connectivity index (χ0n) is 16.4. The Morgan fingerprint density at radius 3 is 2.72 bits per heavy atom. The molecule has 2 heterocycles. The van der Waals surface area contributed by atoms with Gasteiger partial charge in [-0.05, 0) is 25.1 Å². The molecule has 0 aliphatic heterocycles. The number of pyridine rings is 1. The van der Waals surface area contributed by atoms with Crippen LogP contribution in [0.1, 0.15) is 17.3 Å². The highest BCUT2D eigenvalue weighted by Crippen LogP contribution is 2.34. The summed E-state index contributed by atoms with van der Waals surface area (Å²) in [5.41, 5.74) is -0.298. The number of carbonyl (C=O) groups is 1. The Balaban J connectivity index is 1.68. The lowest BCUT2D eigenvalue weighted by molar-refractivity contribution is -0.384. The van der Waals surface area contributed by atoms with Crippen molar-refractivity contribution in [3.05, 3.63) is 73.5 Å². The molecule has 0 fully saturated rings. The van der Waals surface area contributed by atoms with Gasteiger partial charge in [0, 0.05) is 29.6 Å². The smallest absolute Gasteiger partial charge is 0.270 e. The minimum atomic E-state index is -0.835. The van der Waals surface area contributed by atoms with Gasteiger partial charge in [-0.15, -0.1) is 10.2 Å². The summed E-state index contributed by atoms with van der Waals surface area (Å²) in [5.74, 6) is -1.26. The normalized spacial score (nSPS) is 10.9. The van der Waals surface area contributed by atoms with Crippen molar-refractivity contribution in [2.24, 2.45) is 0 Å². The molecule has 0 aliphatic carbocycles. The number of rotatable bonds is 5. The topological polar surface area (TPSA) is 140 Å². The van der Waals surface area contributed by atoms with E-state index in [2.05, 4.69) is 15.5 Å². The monoisotopic (exact) mass is 471 g/mol. The zero-order chi connectivity index (χ0) is 23.0. The van der Waals surface area contributed by atoms with E-state index in [9.17, 15) is 24.8 Å². The van der Waals surface area contributed by atoms with E-state index >= 15 is 0 Å². The van der Waals surface area contributed by atoms with E-state index in [0.717, 1.165) is 11.3 Å². The van der Waals surface area contributed by atoms with Crippen molar-refractivity contribution in [2.45, 2.75) is 13.5 Å². The average molecular weight is 472 g/mol. The van der Waals surface area contributed by atoms with Crippen molar-refractivity contribution in [1.29, 1.82) is 0 Å². The molecule has 162 valence electrons. The Morgan fingerprint density at radius 1 is 1.28 bits per heavy atom. The van der Waals surface area contributed by atoms with Crippen LogP contribution >= 0.6 is 22.9 Å². The largest absolute Gasteiger partial charge is 0.506 e. The molecular weight excluding hydrogens is 458 g/mol. The van der Waals surface area contributed by atoms with Gasteiger partial charge in [-0.1, -0.05) is 35.1 Å². The Labute approximate surface area is 188 Å². The number of amides is 1. The predicted octanol–water partition coefficient (Wildman–Crippen LogP) is 4.06. The number of aromatic hydroxyl groups is 1. The molecule has 2 N–H and O–H groups in total. The highest BCUT2D eigenvalue weighted by molar-refractivity contribution is 7.18. The number of aryl methyl sites for hydroxylation is 1. The van der Waals surface area contributed by atoms with Crippen LogP contribution in [0.25, 0.3) is 21.5 Å². The number of hydrogen-bond acceptors (Lipinski definition) is 8. The maximum absolute atomic E-state index is 12.9. The third kappa shape index (κ3) is 3.67. The number of nitrogens with zero attached hydrogens (tertiary/aromatic N) is 4. The van der Waals surface area contributed by atoms with Gasteiger partial charge in [0.05, 0.1) is 15.5 Å². The van der Waals surface area contributed by atoms with Crippen LogP contribution in [0.2, 0.25) is 5.02 Å². The number of hydrogen-bond donors (Lipinski definition) is 2. The standard InChI is InChI=1S/C20H14ClN5O5S/c1-2-25-14-6-4-3-5-12(14)16(27)15(19(25)29)17(28)22-20-24-23-18(32-20)11-8-7-10(26(30)31)9-13(11)21/h3-9,27H,2H2,1H3,(H,22,24,28). The molecule has 0 saturated carbocycles. The third-order valence-electron chi connectivity index (χ3n) is 4.73. The minimum absolute atomic E-state index is 0.0643. The number of non-ortho nitro benzene ring substituents is 1. The van der Waals surface area contributed by atoms with Crippen LogP contribution in [0.3, 0.4) is 0 Å². The van der Waals surface area contributed by atoms with Crippen LogP contribution in [0, 0.1) is 10.1 Å². The molecule has 4 rings (SSSR count). The Bertz CT molecular complexity index is 1450. The minimum Gasteiger partial charge on any atom is -0.506 e. The molecule has 0 atom stereocenters. The fourth-order valence-electron chi connectivity index (χ4n) is 3.24. The molecule has 0 bridgehead atoms. The molecule has 1 amide bonds. The van der Waals surface area contributed by atoms with Gasteiger partial charge in [-0.3, -0.25) is 25.0 Å². The number of nitro benzene ring substituents is 1. The van der Waals surface area contributed by atoms with Crippen molar-refractivity contribution in [1.82, 2.24) is 14.8 Å². The molecule has 32 heavy (non-hydrogen) atoms. The number of fused-ring (bicyclic) bond motifs is 1. The lowest BCUT2D eigenvalue weighted by Gasteiger charge is -2.12. The summed E-state index contributed by atoms with van der Waals surface area (Å²) in [6.07, 6.45) is 0. The molecule has 2 aromatic carbocycles. The van der Waals surface area contributed by atoms with Crippen LogP contribution in [-0.4, -0.2) is 30.7 Å². The number of nitro groups is 1. The van der Waals surface area contributed by atoms with E-state index in [4.69, 9.17) is 11.6 Å². The van der Waals surface area contributed by atoms with E-state index in [-0.39, 0.29) is 15.8 Å². The summed E-state index contributed by atoms with van der Waals surface area (Å²) in [5, 5.41) is 32.6. The van der Waals surface area contributed by atoms with Gasteiger partial charge < -0.3 is 9.67 Å². The first-order valence-corrected chi connectivity index (χ1v) is 10.4. The first-order valence-electron chi connectivity index (χ1n) is 9.25. The number of aromatic nitrogens is 3. The van der Waals surface area contributed by atoms with Crippen LogP contribution in [0.5, 0.6) is 5.75 Å². The van der Waals surface area contributed by atoms with Crippen molar-refractivity contribution in [3.8, 4) is 16.3 Å². The lowest BCUT2D eigenvalue weighted by Crippen LogP contribution is -2.29. The second-order valence-electron chi connectivity index (χ2n) is 6.58. The second-order valence-corrected chi connectivity index (χ2v) is 7.96. The van der Waals surface area contributed by atoms with Crippen molar-refractivity contribution >= 4 is 50.6 Å². The molecular formula is C20H14ClN5O5S. The highest BCUT2D eigenvalue weighted by Gasteiger charge is 2.23. The fraction of sp³-hybridized carbons (Fsp3) is 0.100. The summed E-state index contributed by atoms with van der Waals surface area (Å²) in [4.78, 5) is 36.0. The third-order valence-corrected chi connectivity index (χ3v) is 5.91. The first-order chi connectivity index (χ1) is 15.3. The first kappa shape index (κ1) is 21.4. The number of carbonyl (C=O) groups excluding carboxylic acids is 1. The number of halogens is 1. The molecule has 12 heteroatoms. The van der Waals surface area contributed by atoms with Gasteiger partial charge in [0.15, 0.2) is 5.01 Å². The van der Waals surface area contributed by atoms with Crippen LogP contribution in [0.15, 0.2) is 47.3 Å². The number of para-hydroxylation sites is 1.